The highest BCUT2D eigenvalue weighted by molar-refractivity contribution is 5.94. The Balaban J connectivity index is 1.45. The Kier molecular flexibility index (Phi) is 6.27. The average Bonchev–Trinajstić information content (AvgIpc) is 3.13. The van der Waals surface area contributed by atoms with Gasteiger partial charge < -0.3 is 15.0 Å². The molecule has 2 heterocycles. The Morgan fingerprint density at radius 3 is 2.31 bits per heavy atom. The van der Waals surface area contributed by atoms with Gasteiger partial charge in [0.05, 0.1) is 18.8 Å². The maximum absolute atomic E-state index is 12.3. The molecule has 0 spiro atoms. The van der Waals surface area contributed by atoms with Gasteiger partial charge in [-0.15, -0.1) is 0 Å². The zero-order valence-corrected chi connectivity index (χ0v) is 15.7. The summed E-state index contributed by atoms with van der Waals surface area (Å²) in [6.45, 7) is 8.22. The standard InChI is InChI=1S/C20H29N3O3/c1-15-12-22(13-16(2)26-15)14-19(24)21-11-17-5-7-18(8-6-17)20(25)23-9-3-4-10-23/h5-8,15-16H,3-4,9-14H2,1-2H3,(H,21,24). The molecule has 1 aromatic carbocycles. The van der Waals surface area contributed by atoms with Crippen LogP contribution in [0.4, 0.5) is 0 Å². The molecule has 2 aliphatic rings. The Morgan fingerprint density at radius 2 is 1.69 bits per heavy atom. The molecule has 0 bridgehead atoms. The SMILES string of the molecule is CC1CN(CC(=O)NCc2ccc(C(=O)N3CCCC3)cc2)CC(C)O1. The third kappa shape index (κ3) is 5.05. The van der Waals surface area contributed by atoms with Crippen molar-refractivity contribution in [1.82, 2.24) is 15.1 Å². The molecule has 2 unspecified atom stereocenters. The molecule has 0 saturated carbocycles. The molecule has 1 aromatic rings. The summed E-state index contributed by atoms with van der Waals surface area (Å²) in [5.74, 6) is 0.122. The zero-order chi connectivity index (χ0) is 18.5. The van der Waals surface area contributed by atoms with Crippen LogP contribution in [0.2, 0.25) is 0 Å². The number of carbonyl (C=O) groups is 2. The van der Waals surface area contributed by atoms with Gasteiger partial charge in [-0.3, -0.25) is 14.5 Å². The van der Waals surface area contributed by atoms with E-state index in [0.29, 0.717) is 13.1 Å². The molecular formula is C20H29N3O3. The van der Waals surface area contributed by atoms with Crippen LogP contribution in [-0.2, 0) is 16.1 Å². The monoisotopic (exact) mass is 359 g/mol. The molecule has 2 fully saturated rings. The minimum atomic E-state index is 0.0171. The number of ether oxygens (including phenoxy) is 1. The van der Waals surface area contributed by atoms with E-state index in [1.807, 2.05) is 43.0 Å². The van der Waals surface area contributed by atoms with E-state index >= 15 is 0 Å². The van der Waals surface area contributed by atoms with Crippen LogP contribution >= 0.6 is 0 Å². The predicted octanol–water partition coefficient (Wildman–Crippen LogP) is 1.65. The summed E-state index contributed by atoms with van der Waals surface area (Å²) in [4.78, 5) is 28.6. The second-order valence-electron chi connectivity index (χ2n) is 7.42. The van der Waals surface area contributed by atoms with E-state index in [1.54, 1.807) is 0 Å². The summed E-state index contributed by atoms with van der Waals surface area (Å²) in [5, 5.41) is 2.96. The normalized spacial score (nSPS) is 23.8. The van der Waals surface area contributed by atoms with Gasteiger partial charge in [-0.05, 0) is 44.4 Å². The lowest BCUT2D eigenvalue weighted by Gasteiger charge is -2.34. The number of amides is 2. The first-order chi connectivity index (χ1) is 12.5. The van der Waals surface area contributed by atoms with Crippen molar-refractivity contribution < 1.29 is 14.3 Å². The maximum Gasteiger partial charge on any atom is 0.253 e. The Labute approximate surface area is 155 Å². The van der Waals surface area contributed by atoms with Crippen molar-refractivity contribution in [1.29, 1.82) is 0 Å². The summed E-state index contributed by atoms with van der Waals surface area (Å²) < 4.78 is 5.69. The smallest absolute Gasteiger partial charge is 0.253 e. The second kappa shape index (κ2) is 8.64. The van der Waals surface area contributed by atoms with Crippen LogP contribution in [0, 0.1) is 0 Å². The first-order valence-corrected chi connectivity index (χ1v) is 9.54. The van der Waals surface area contributed by atoms with Gasteiger partial charge in [0.2, 0.25) is 5.91 Å². The average molecular weight is 359 g/mol. The van der Waals surface area contributed by atoms with E-state index in [-0.39, 0.29) is 24.0 Å². The molecule has 6 nitrogen and oxygen atoms in total. The van der Waals surface area contributed by atoms with Gasteiger partial charge in [-0.2, -0.15) is 0 Å². The minimum Gasteiger partial charge on any atom is -0.373 e. The largest absolute Gasteiger partial charge is 0.373 e. The number of hydrogen-bond donors (Lipinski definition) is 1. The lowest BCUT2D eigenvalue weighted by molar-refractivity contribution is -0.126. The van der Waals surface area contributed by atoms with Crippen molar-refractivity contribution in [2.75, 3.05) is 32.7 Å². The van der Waals surface area contributed by atoms with Crippen molar-refractivity contribution in [2.45, 2.75) is 45.4 Å². The molecule has 142 valence electrons. The van der Waals surface area contributed by atoms with E-state index in [1.165, 1.54) is 0 Å². The number of likely N-dealkylation sites (tertiary alicyclic amines) is 1. The van der Waals surface area contributed by atoms with Crippen LogP contribution in [0.15, 0.2) is 24.3 Å². The van der Waals surface area contributed by atoms with Gasteiger partial charge in [0, 0.05) is 38.3 Å². The summed E-state index contributed by atoms with van der Waals surface area (Å²) in [7, 11) is 0. The van der Waals surface area contributed by atoms with Crippen molar-refractivity contribution in [2.24, 2.45) is 0 Å². The summed E-state index contributed by atoms with van der Waals surface area (Å²) in [5.41, 5.74) is 1.72. The fourth-order valence-electron chi connectivity index (χ4n) is 3.74. The quantitative estimate of drug-likeness (QED) is 0.868. The molecule has 2 aliphatic heterocycles. The number of carbonyl (C=O) groups excluding carboxylic acids is 2. The van der Waals surface area contributed by atoms with E-state index in [0.717, 1.165) is 50.1 Å². The highest BCUT2D eigenvalue weighted by Gasteiger charge is 2.23. The van der Waals surface area contributed by atoms with Gasteiger partial charge in [0.25, 0.3) is 5.91 Å². The van der Waals surface area contributed by atoms with E-state index in [2.05, 4.69) is 10.2 Å². The zero-order valence-electron chi connectivity index (χ0n) is 15.7. The molecule has 6 heteroatoms. The van der Waals surface area contributed by atoms with E-state index in [4.69, 9.17) is 4.74 Å². The number of nitrogens with one attached hydrogen (secondary N) is 1. The van der Waals surface area contributed by atoms with Gasteiger partial charge in [0.15, 0.2) is 0 Å². The predicted molar refractivity (Wildman–Crippen MR) is 99.9 cm³/mol. The summed E-state index contributed by atoms with van der Waals surface area (Å²) in [6, 6.07) is 7.55. The highest BCUT2D eigenvalue weighted by Crippen LogP contribution is 2.14. The molecular weight excluding hydrogens is 330 g/mol. The number of nitrogens with zero attached hydrogens (tertiary/aromatic N) is 2. The molecule has 0 aromatic heterocycles. The van der Waals surface area contributed by atoms with Gasteiger partial charge in [-0.1, -0.05) is 12.1 Å². The molecule has 2 atom stereocenters. The van der Waals surface area contributed by atoms with Crippen LogP contribution in [0.3, 0.4) is 0 Å². The van der Waals surface area contributed by atoms with Crippen molar-refractivity contribution in [3.8, 4) is 0 Å². The van der Waals surface area contributed by atoms with Crippen LogP contribution in [0.1, 0.15) is 42.6 Å². The fourth-order valence-corrected chi connectivity index (χ4v) is 3.74. The van der Waals surface area contributed by atoms with Crippen LogP contribution in [0.25, 0.3) is 0 Å². The summed E-state index contributed by atoms with van der Waals surface area (Å²) in [6.07, 6.45) is 2.51. The fraction of sp³-hybridized carbons (Fsp3) is 0.600. The molecule has 1 N–H and O–H groups in total. The van der Waals surface area contributed by atoms with Gasteiger partial charge >= 0.3 is 0 Å². The van der Waals surface area contributed by atoms with E-state index < -0.39 is 0 Å². The minimum absolute atomic E-state index is 0.0171. The van der Waals surface area contributed by atoms with Crippen molar-refractivity contribution >= 4 is 11.8 Å². The molecule has 0 aliphatic carbocycles. The third-order valence-electron chi connectivity index (χ3n) is 4.95. The third-order valence-corrected chi connectivity index (χ3v) is 4.95. The molecule has 3 rings (SSSR count). The van der Waals surface area contributed by atoms with Crippen molar-refractivity contribution in [3.05, 3.63) is 35.4 Å². The van der Waals surface area contributed by atoms with Gasteiger partial charge in [-0.25, -0.2) is 0 Å². The number of rotatable bonds is 5. The number of benzene rings is 1. The number of morpholine rings is 1. The summed E-state index contributed by atoms with van der Waals surface area (Å²) >= 11 is 0. The topological polar surface area (TPSA) is 61.9 Å². The molecule has 26 heavy (non-hydrogen) atoms. The first-order valence-electron chi connectivity index (χ1n) is 9.54. The highest BCUT2D eigenvalue weighted by atomic mass is 16.5. The Bertz CT molecular complexity index is 616. The molecule has 0 radical (unpaired) electrons. The molecule has 2 saturated heterocycles. The number of hydrogen-bond acceptors (Lipinski definition) is 4. The molecule has 2 amide bonds. The second-order valence-corrected chi connectivity index (χ2v) is 7.42. The van der Waals surface area contributed by atoms with Gasteiger partial charge in [0.1, 0.15) is 0 Å². The Hall–Kier alpha value is -1.92. The first kappa shape index (κ1) is 18.9. The van der Waals surface area contributed by atoms with Crippen LogP contribution in [-0.4, -0.2) is 66.5 Å². The Morgan fingerprint density at radius 1 is 1.08 bits per heavy atom. The lowest BCUT2D eigenvalue weighted by atomic mass is 10.1. The maximum atomic E-state index is 12.3. The van der Waals surface area contributed by atoms with Crippen molar-refractivity contribution in [3.63, 3.8) is 0 Å². The van der Waals surface area contributed by atoms with Crippen LogP contribution in [0.5, 0.6) is 0 Å². The van der Waals surface area contributed by atoms with Crippen LogP contribution < -0.4 is 5.32 Å². The van der Waals surface area contributed by atoms with E-state index in [9.17, 15) is 9.59 Å². The lowest BCUT2D eigenvalue weighted by Crippen LogP contribution is -2.49.